The average Bonchev–Trinajstić information content (AvgIpc) is 2.85. The molecular weight excluding hydrogens is 254 g/mol. The Balaban J connectivity index is 2.02. The van der Waals surface area contributed by atoms with E-state index in [-0.39, 0.29) is 17.9 Å². The first-order chi connectivity index (χ1) is 8.79. The molecule has 2 aliphatic rings. The molecule has 1 atom stereocenters. The molecule has 1 fully saturated rings. The van der Waals surface area contributed by atoms with Crippen LogP contribution in [0.2, 0.25) is 5.28 Å². The molecule has 0 unspecified atom stereocenters. The van der Waals surface area contributed by atoms with Gasteiger partial charge in [0.25, 0.3) is 0 Å². The van der Waals surface area contributed by atoms with Crippen molar-refractivity contribution in [2.75, 3.05) is 24.7 Å². The Morgan fingerprint density at radius 3 is 3.17 bits per heavy atom. The first-order valence-electron chi connectivity index (χ1n) is 6.30. The fourth-order valence-electron chi connectivity index (χ4n) is 2.73. The normalized spacial score (nSPS) is 23.2. The van der Waals surface area contributed by atoms with Gasteiger partial charge in [-0.05, 0) is 24.4 Å². The molecular formula is C12H16ClN3O2. The van der Waals surface area contributed by atoms with E-state index in [0.717, 1.165) is 42.9 Å². The zero-order chi connectivity index (χ0) is 12.5. The van der Waals surface area contributed by atoms with Crippen molar-refractivity contribution in [2.24, 2.45) is 0 Å². The molecule has 0 radical (unpaired) electrons. The van der Waals surface area contributed by atoms with E-state index in [1.54, 1.807) is 0 Å². The second kappa shape index (κ2) is 4.99. The van der Waals surface area contributed by atoms with E-state index in [0.29, 0.717) is 13.2 Å². The van der Waals surface area contributed by atoms with E-state index < -0.39 is 0 Å². The fourth-order valence-corrected chi connectivity index (χ4v) is 2.91. The number of hydrogen-bond donors (Lipinski definition) is 1. The van der Waals surface area contributed by atoms with Gasteiger partial charge in [-0.2, -0.15) is 0 Å². The molecule has 0 bridgehead atoms. The van der Waals surface area contributed by atoms with Crippen molar-refractivity contribution >= 4 is 17.4 Å². The molecule has 98 valence electrons. The molecule has 3 heterocycles. The minimum Gasteiger partial charge on any atom is -0.394 e. The maximum atomic E-state index is 9.42. The van der Waals surface area contributed by atoms with Gasteiger partial charge in [0.05, 0.1) is 31.6 Å². The molecule has 0 saturated carbocycles. The Morgan fingerprint density at radius 2 is 2.33 bits per heavy atom. The summed E-state index contributed by atoms with van der Waals surface area (Å²) >= 11 is 6.00. The van der Waals surface area contributed by atoms with Gasteiger partial charge in [-0.3, -0.25) is 0 Å². The molecule has 0 aliphatic carbocycles. The summed E-state index contributed by atoms with van der Waals surface area (Å²) < 4.78 is 5.49. The molecule has 1 N–H and O–H groups in total. The molecule has 1 aromatic rings. The molecule has 3 rings (SSSR count). The van der Waals surface area contributed by atoms with Gasteiger partial charge in [0, 0.05) is 18.5 Å². The Hall–Kier alpha value is -0.910. The van der Waals surface area contributed by atoms with Crippen molar-refractivity contribution in [1.29, 1.82) is 0 Å². The SMILES string of the molecule is OC[C@@H]1CCCN1c1nc(Cl)nc2c1COCC2. The molecule has 1 saturated heterocycles. The molecule has 6 heteroatoms. The summed E-state index contributed by atoms with van der Waals surface area (Å²) in [5, 5.41) is 9.71. The number of aliphatic hydroxyl groups is 1. The van der Waals surface area contributed by atoms with Crippen LogP contribution >= 0.6 is 11.6 Å². The number of nitrogens with zero attached hydrogens (tertiary/aromatic N) is 3. The lowest BCUT2D eigenvalue weighted by Crippen LogP contribution is -2.34. The highest BCUT2D eigenvalue weighted by molar-refractivity contribution is 6.28. The van der Waals surface area contributed by atoms with Gasteiger partial charge < -0.3 is 14.7 Å². The number of ether oxygens (including phenoxy) is 1. The van der Waals surface area contributed by atoms with Crippen LogP contribution in [0.15, 0.2) is 0 Å². The summed E-state index contributed by atoms with van der Waals surface area (Å²) in [6.07, 6.45) is 2.85. The number of hydrogen-bond acceptors (Lipinski definition) is 5. The van der Waals surface area contributed by atoms with E-state index in [1.807, 2.05) is 0 Å². The van der Waals surface area contributed by atoms with E-state index >= 15 is 0 Å². The van der Waals surface area contributed by atoms with Crippen molar-refractivity contribution in [3.8, 4) is 0 Å². The van der Waals surface area contributed by atoms with Crippen LogP contribution in [0.3, 0.4) is 0 Å². The van der Waals surface area contributed by atoms with Gasteiger partial charge in [-0.25, -0.2) is 9.97 Å². The topological polar surface area (TPSA) is 58.5 Å². The van der Waals surface area contributed by atoms with Crippen LogP contribution in [0.1, 0.15) is 24.1 Å². The largest absolute Gasteiger partial charge is 0.394 e. The Kier molecular flexibility index (Phi) is 3.37. The van der Waals surface area contributed by atoms with Crippen molar-refractivity contribution in [2.45, 2.75) is 31.9 Å². The first-order valence-corrected chi connectivity index (χ1v) is 6.68. The number of aliphatic hydroxyl groups excluding tert-OH is 1. The fraction of sp³-hybridized carbons (Fsp3) is 0.667. The molecule has 0 amide bonds. The predicted octanol–water partition coefficient (Wildman–Crippen LogP) is 1.16. The number of aromatic nitrogens is 2. The minimum absolute atomic E-state index is 0.141. The van der Waals surface area contributed by atoms with E-state index in [4.69, 9.17) is 16.3 Å². The number of anilines is 1. The van der Waals surface area contributed by atoms with Crippen LogP contribution < -0.4 is 4.90 Å². The van der Waals surface area contributed by atoms with E-state index in [9.17, 15) is 5.11 Å². The molecule has 2 aliphatic heterocycles. The Bertz CT molecular complexity index is 455. The van der Waals surface area contributed by atoms with Gasteiger partial charge >= 0.3 is 0 Å². The Labute approximate surface area is 111 Å². The lowest BCUT2D eigenvalue weighted by Gasteiger charge is -2.28. The van der Waals surface area contributed by atoms with Crippen LogP contribution in [0.25, 0.3) is 0 Å². The first kappa shape index (κ1) is 12.1. The summed E-state index contributed by atoms with van der Waals surface area (Å²) in [6, 6.07) is 0.141. The van der Waals surface area contributed by atoms with Crippen LogP contribution in [-0.4, -0.2) is 40.9 Å². The van der Waals surface area contributed by atoms with E-state index in [2.05, 4.69) is 14.9 Å². The standard InChI is InChI=1S/C12H16ClN3O2/c13-12-14-10-3-5-18-7-9(10)11(15-12)16-4-1-2-8(16)6-17/h8,17H,1-7H2/t8-/m0/s1. The van der Waals surface area contributed by atoms with Crippen LogP contribution in [0.5, 0.6) is 0 Å². The molecule has 1 aromatic heterocycles. The van der Waals surface area contributed by atoms with Crippen molar-refractivity contribution < 1.29 is 9.84 Å². The van der Waals surface area contributed by atoms with Crippen molar-refractivity contribution in [3.63, 3.8) is 0 Å². The summed E-state index contributed by atoms with van der Waals surface area (Å²) in [7, 11) is 0. The van der Waals surface area contributed by atoms with Gasteiger partial charge in [-0.15, -0.1) is 0 Å². The zero-order valence-electron chi connectivity index (χ0n) is 10.1. The lowest BCUT2D eigenvalue weighted by atomic mass is 10.1. The third-order valence-corrected chi connectivity index (χ3v) is 3.80. The lowest BCUT2D eigenvalue weighted by molar-refractivity contribution is 0.109. The molecule has 5 nitrogen and oxygen atoms in total. The highest BCUT2D eigenvalue weighted by atomic mass is 35.5. The third kappa shape index (κ3) is 2.06. The van der Waals surface area contributed by atoms with Gasteiger partial charge in [0.2, 0.25) is 5.28 Å². The summed E-state index contributed by atoms with van der Waals surface area (Å²) in [5.74, 6) is 0.848. The van der Waals surface area contributed by atoms with Crippen LogP contribution in [0, 0.1) is 0 Å². The minimum atomic E-state index is 0.141. The van der Waals surface area contributed by atoms with Gasteiger partial charge in [-0.1, -0.05) is 0 Å². The second-order valence-corrected chi connectivity index (χ2v) is 5.05. The number of rotatable bonds is 2. The quantitative estimate of drug-likeness (QED) is 0.817. The maximum Gasteiger partial charge on any atom is 0.224 e. The van der Waals surface area contributed by atoms with Gasteiger partial charge in [0.15, 0.2) is 0 Å². The average molecular weight is 270 g/mol. The number of fused-ring (bicyclic) bond motifs is 1. The third-order valence-electron chi connectivity index (χ3n) is 3.63. The molecule has 18 heavy (non-hydrogen) atoms. The zero-order valence-corrected chi connectivity index (χ0v) is 10.9. The van der Waals surface area contributed by atoms with Crippen LogP contribution in [0.4, 0.5) is 5.82 Å². The predicted molar refractivity (Wildman–Crippen MR) is 67.9 cm³/mol. The maximum absolute atomic E-state index is 9.42. The summed E-state index contributed by atoms with van der Waals surface area (Å²) in [4.78, 5) is 10.8. The van der Waals surface area contributed by atoms with Gasteiger partial charge in [0.1, 0.15) is 5.82 Å². The van der Waals surface area contributed by atoms with Crippen LogP contribution in [-0.2, 0) is 17.8 Å². The summed E-state index contributed by atoms with van der Waals surface area (Å²) in [5.41, 5.74) is 2.02. The van der Waals surface area contributed by atoms with Crippen molar-refractivity contribution in [3.05, 3.63) is 16.5 Å². The van der Waals surface area contributed by atoms with E-state index in [1.165, 1.54) is 0 Å². The molecule has 0 aromatic carbocycles. The smallest absolute Gasteiger partial charge is 0.224 e. The van der Waals surface area contributed by atoms with Crippen molar-refractivity contribution in [1.82, 2.24) is 9.97 Å². The number of halogens is 1. The highest BCUT2D eigenvalue weighted by Crippen LogP contribution is 2.31. The monoisotopic (exact) mass is 269 g/mol. The molecule has 0 spiro atoms. The highest BCUT2D eigenvalue weighted by Gasteiger charge is 2.29. The Morgan fingerprint density at radius 1 is 1.44 bits per heavy atom. The second-order valence-electron chi connectivity index (χ2n) is 4.72. The summed E-state index contributed by atoms with van der Waals surface area (Å²) in [6.45, 7) is 2.28.